The third kappa shape index (κ3) is 3.36. The highest BCUT2D eigenvalue weighted by atomic mass is 16.6. The van der Waals surface area contributed by atoms with Crippen molar-refractivity contribution < 1.29 is 18.7 Å². The molecule has 6 heteroatoms. The molecule has 2 aliphatic rings. The van der Waals surface area contributed by atoms with Crippen molar-refractivity contribution in [2.75, 3.05) is 19.6 Å². The highest BCUT2D eigenvalue weighted by molar-refractivity contribution is 5.98. The van der Waals surface area contributed by atoms with Gasteiger partial charge in [-0.25, -0.2) is 4.79 Å². The number of hydrogen-bond donors (Lipinski definition) is 0. The fourth-order valence-corrected chi connectivity index (χ4v) is 4.43. The topological polar surface area (TPSA) is 63.0 Å². The summed E-state index contributed by atoms with van der Waals surface area (Å²) < 4.78 is 11.4. The van der Waals surface area contributed by atoms with Crippen LogP contribution in [-0.2, 0) is 4.74 Å². The van der Waals surface area contributed by atoms with Crippen LogP contribution in [0.15, 0.2) is 28.7 Å². The number of carbonyl (C=O) groups excluding carboxylic acids is 2. The van der Waals surface area contributed by atoms with Gasteiger partial charge in [0.15, 0.2) is 0 Å². The van der Waals surface area contributed by atoms with Gasteiger partial charge in [0.1, 0.15) is 16.9 Å². The largest absolute Gasteiger partial charge is 0.461 e. The Kier molecular flexibility index (Phi) is 4.81. The molecule has 150 valence electrons. The van der Waals surface area contributed by atoms with Crippen molar-refractivity contribution in [3.63, 3.8) is 0 Å². The molecular formula is C22H28N2O4. The van der Waals surface area contributed by atoms with E-state index in [0.29, 0.717) is 38.0 Å². The molecule has 2 amide bonds. The summed E-state index contributed by atoms with van der Waals surface area (Å²) in [4.78, 5) is 29.0. The monoisotopic (exact) mass is 384 g/mol. The molecule has 2 aromatic rings. The molecule has 0 bridgehead atoms. The average Bonchev–Trinajstić information content (AvgIpc) is 3.20. The van der Waals surface area contributed by atoms with Gasteiger partial charge in [0, 0.05) is 42.9 Å². The second kappa shape index (κ2) is 7.15. The Labute approximate surface area is 165 Å². The summed E-state index contributed by atoms with van der Waals surface area (Å²) >= 11 is 0. The van der Waals surface area contributed by atoms with Crippen molar-refractivity contribution in [2.24, 2.45) is 0 Å². The van der Waals surface area contributed by atoms with E-state index in [0.717, 1.165) is 29.6 Å². The number of likely N-dealkylation sites (tertiary alicyclic amines) is 1. The van der Waals surface area contributed by atoms with Gasteiger partial charge in [-0.15, -0.1) is 0 Å². The first-order valence-electron chi connectivity index (χ1n) is 10.2. The van der Waals surface area contributed by atoms with E-state index in [1.54, 1.807) is 0 Å². The summed E-state index contributed by atoms with van der Waals surface area (Å²) in [5.74, 6) is 0.862. The molecule has 4 rings (SSSR count). The van der Waals surface area contributed by atoms with Crippen molar-refractivity contribution in [1.82, 2.24) is 9.80 Å². The van der Waals surface area contributed by atoms with E-state index in [2.05, 4.69) is 13.8 Å². The lowest BCUT2D eigenvalue weighted by molar-refractivity contribution is 0.00307. The molecule has 28 heavy (non-hydrogen) atoms. The first-order chi connectivity index (χ1) is 13.4. The number of benzene rings is 1. The Bertz CT molecular complexity index is 895. The summed E-state index contributed by atoms with van der Waals surface area (Å²) in [6, 6.07) is 7.71. The molecule has 3 heterocycles. The Hall–Kier alpha value is -2.50. The van der Waals surface area contributed by atoms with E-state index in [1.807, 2.05) is 41.0 Å². The number of piperidine rings is 1. The van der Waals surface area contributed by atoms with Crippen LogP contribution >= 0.6 is 0 Å². The van der Waals surface area contributed by atoms with Crippen LogP contribution in [0.3, 0.4) is 0 Å². The average molecular weight is 384 g/mol. The fourth-order valence-electron chi connectivity index (χ4n) is 4.43. The Morgan fingerprint density at radius 1 is 1.25 bits per heavy atom. The van der Waals surface area contributed by atoms with Crippen molar-refractivity contribution in [2.45, 2.75) is 58.1 Å². The molecule has 0 radical (unpaired) electrons. The number of furan rings is 1. The third-order valence-electron chi connectivity index (χ3n) is 6.08. The zero-order valence-electron chi connectivity index (χ0n) is 16.9. The number of rotatable bonds is 4. The normalized spacial score (nSPS) is 20.0. The minimum absolute atomic E-state index is 0.0242. The molecule has 1 atom stereocenters. The molecule has 1 unspecified atom stereocenters. The van der Waals surface area contributed by atoms with Crippen molar-refractivity contribution >= 4 is 23.0 Å². The SMILES string of the molecule is CCCC(C)N1CC2(CCN(C(=O)c3ccc4oc(C)cc4c3)CC2)OC1=O. The van der Waals surface area contributed by atoms with Crippen molar-refractivity contribution in [3.05, 3.63) is 35.6 Å². The van der Waals surface area contributed by atoms with Gasteiger partial charge in [0.2, 0.25) is 0 Å². The van der Waals surface area contributed by atoms with E-state index < -0.39 is 5.60 Å². The van der Waals surface area contributed by atoms with Gasteiger partial charge in [0.25, 0.3) is 5.91 Å². The number of ether oxygens (including phenoxy) is 1. The minimum atomic E-state index is -0.443. The third-order valence-corrected chi connectivity index (χ3v) is 6.08. The van der Waals surface area contributed by atoms with Crippen LogP contribution < -0.4 is 0 Å². The standard InChI is InChI=1S/C22H28N2O4/c1-4-5-15(2)24-14-22(28-21(24)26)8-10-23(11-9-22)20(25)17-6-7-19-18(13-17)12-16(3)27-19/h6-7,12-13,15H,4-5,8-11,14H2,1-3H3. The predicted molar refractivity (Wildman–Crippen MR) is 106 cm³/mol. The first-order valence-corrected chi connectivity index (χ1v) is 10.2. The summed E-state index contributed by atoms with van der Waals surface area (Å²) in [6.45, 7) is 7.94. The number of hydrogen-bond acceptors (Lipinski definition) is 4. The quantitative estimate of drug-likeness (QED) is 0.786. The van der Waals surface area contributed by atoms with E-state index >= 15 is 0 Å². The Morgan fingerprint density at radius 3 is 2.71 bits per heavy atom. The molecule has 6 nitrogen and oxygen atoms in total. The lowest BCUT2D eigenvalue weighted by Crippen LogP contribution is -2.49. The molecule has 0 N–H and O–H groups in total. The lowest BCUT2D eigenvalue weighted by atomic mass is 9.90. The van der Waals surface area contributed by atoms with E-state index in [1.165, 1.54) is 0 Å². The van der Waals surface area contributed by atoms with Crippen LogP contribution in [0.1, 0.15) is 55.6 Å². The number of fused-ring (bicyclic) bond motifs is 1. The molecule has 2 saturated heterocycles. The number of nitrogens with zero attached hydrogens (tertiary/aromatic N) is 2. The van der Waals surface area contributed by atoms with Gasteiger partial charge in [-0.2, -0.15) is 0 Å². The summed E-state index contributed by atoms with van der Waals surface area (Å²) in [6.07, 6.45) is 3.19. The summed E-state index contributed by atoms with van der Waals surface area (Å²) in [7, 11) is 0. The molecule has 1 aromatic carbocycles. The summed E-state index contributed by atoms with van der Waals surface area (Å²) in [5.41, 5.74) is 1.03. The molecular weight excluding hydrogens is 356 g/mol. The lowest BCUT2D eigenvalue weighted by Gasteiger charge is -2.37. The fraction of sp³-hybridized carbons (Fsp3) is 0.545. The molecule has 0 aliphatic carbocycles. The zero-order valence-corrected chi connectivity index (χ0v) is 16.9. The Morgan fingerprint density at radius 2 is 2.00 bits per heavy atom. The maximum Gasteiger partial charge on any atom is 0.410 e. The van der Waals surface area contributed by atoms with Gasteiger partial charge < -0.3 is 19.0 Å². The van der Waals surface area contributed by atoms with Crippen LogP contribution in [-0.4, -0.2) is 53.1 Å². The van der Waals surface area contributed by atoms with Crippen LogP contribution in [0, 0.1) is 6.92 Å². The highest BCUT2D eigenvalue weighted by Crippen LogP contribution is 2.35. The zero-order chi connectivity index (χ0) is 19.9. The molecule has 2 fully saturated rings. The van der Waals surface area contributed by atoms with Gasteiger partial charge in [-0.05, 0) is 44.5 Å². The second-order valence-corrected chi connectivity index (χ2v) is 8.22. The molecule has 2 aliphatic heterocycles. The summed E-state index contributed by atoms with van der Waals surface area (Å²) in [5, 5.41) is 0.946. The first kappa shape index (κ1) is 18.8. The smallest absolute Gasteiger partial charge is 0.410 e. The molecule has 1 aromatic heterocycles. The van der Waals surface area contributed by atoms with Gasteiger partial charge in [-0.3, -0.25) is 4.79 Å². The molecule has 0 saturated carbocycles. The van der Waals surface area contributed by atoms with Crippen LogP contribution in [0.4, 0.5) is 4.79 Å². The van der Waals surface area contributed by atoms with Crippen molar-refractivity contribution in [1.29, 1.82) is 0 Å². The Balaban J connectivity index is 1.42. The van der Waals surface area contributed by atoms with Crippen LogP contribution in [0.25, 0.3) is 11.0 Å². The predicted octanol–water partition coefficient (Wildman–Crippen LogP) is 4.36. The second-order valence-electron chi connectivity index (χ2n) is 8.22. The van der Waals surface area contributed by atoms with Gasteiger partial charge >= 0.3 is 6.09 Å². The van der Waals surface area contributed by atoms with Crippen LogP contribution in [0.2, 0.25) is 0 Å². The van der Waals surface area contributed by atoms with E-state index in [-0.39, 0.29) is 18.0 Å². The van der Waals surface area contributed by atoms with Crippen molar-refractivity contribution in [3.8, 4) is 0 Å². The van der Waals surface area contributed by atoms with E-state index in [9.17, 15) is 9.59 Å². The maximum absolute atomic E-state index is 13.0. The number of amides is 2. The minimum Gasteiger partial charge on any atom is -0.461 e. The maximum atomic E-state index is 13.0. The highest BCUT2D eigenvalue weighted by Gasteiger charge is 2.48. The number of aryl methyl sites for hydroxylation is 1. The van der Waals surface area contributed by atoms with Gasteiger partial charge in [-0.1, -0.05) is 13.3 Å². The van der Waals surface area contributed by atoms with E-state index in [4.69, 9.17) is 9.15 Å². The molecule has 1 spiro atoms. The van der Waals surface area contributed by atoms with Gasteiger partial charge in [0.05, 0.1) is 6.54 Å². The number of carbonyl (C=O) groups is 2. The van der Waals surface area contributed by atoms with Crippen LogP contribution in [0.5, 0.6) is 0 Å².